The van der Waals surface area contributed by atoms with Crippen molar-refractivity contribution in [2.75, 3.05) is 0 Å². The minimum absolute atomic E-state index is 0.0286. The summed E-state index contributed by atoms with van der Waals surface area (Å²) in [7, 11) is 0. The minimum Gasteiger partial charge on any atom is -0.392 e. The molecule has 0 unspecified atom stereocenters. The number of rotatable bonds is 2. The molecular formula is C14H16O2. The SMILES string of the molecule is Cc1ccc(C)c2c(CO)c(CO)ccc12. The third-order valence-corrected chi connectivity index (χ3v) is 3.14. The lowest BCUT2D eigenvalue weighted by Crippen LogP contribution is -1.97. The Balaban J connectivity index is 2.91. The van der Waals surface area contributed by atoms with E-state index in [9.17, 15) is 10.2 Å². The lowest BCUT2D eigenvalue weighted by molar-refractivity contribution is 0.261. The zero-order valence-corrected chi connectivity index (χ0v) is 9.62. The average molecular weight is 216 g/mol. The summed E-state index contributed by atoms with van der Waals surface area (Å²) in [6, 6.07) is 8.04. The summed E-state index contributed by atoms with van der Waals surface area (Å²) >= 11 is 0. The predicted molar refractivity (Wildman–Crippen MR) is 65.3 cm³/mol. The van der Waals surface area contributed by atoms with E-state index in [1.807, 2.05) is 19.1 Å². The molecule has 0 aromatic heterocycles. The smallest absolute Gasteiger partial charge is 0.0691 e. The highest BCUT2D eigenvalue weighted by Gasteiger charge is 2.09. The van der Waals surface area contributed by atoms with Crippen LogP contribution in [0.5, 0.6) is 0 Å². The largest absolute Gasteiger partial charge is 0.392 e. The van der Waals surface area contributed by atoms with Crippen LogP contribution >= 0.6 is 0 Å². The monoisotopic (exact) mass is 216 g/mol. The topological polar surface area (TPSA) is 40.5 Å². The van der Waals surface area contributed by atoms with Crippen molar-refractivity contribution in [2.45, 2.75) is 27.1 Å². The maximum Gasteiger partial charge on any atom is 0.0691 e. The van der Waals surface area contributed by atoms with Crippen LogP contribution in [0.1, 0.15) is 22.3 Å². The van der Waals surface area contributed by atoms with Crippen molar-refractivity contribution in [1.29, 1.82) is 0 Å². The number of aryl methyl sites for hydroxylation is 2. The molecule has 2 nitrogen and oxygen atoms in total. The summed E-state index contributed by atoms with van der Waals surface area (Å²) in [6.07, 6.45) is 0. The number of fused-ring (bicyclic) bond motifs is 1. The van der Waals surface area contributed by atoms with Crippen molar-refractivity contribution in [3.05, 3.63) is 46.5 Å². The highest BCUT2D eigenvalue weighted by molar-refractivity contribution is 5.92. The Morgan fingerprint density at radius 1 is 0.875 bits per heavy atom. The Kier molecular flexibility index (Phi) is 2.95. The summed E-state index contributed by atoms with van der Waals surface area (Å²) in [6.45, 7) is 4.03. The van der Waals surface area contributed by atoms with Gasteiger partial charge in [-0.2, -0.15) is 0 Å². The molecule has 0 aliphatic heterocycles. The highest BCUT2D eigenvalue weighted by atomic mass is 16.3. The lowest BCUT2D eigenvalue weighted by Gasteiger charge is -2.13. The molecule has 2 rings (SSSR count). The molecule has 0 atom stereocenters. The molecule has 84 valence electrons. The Labute approximate surface area is 95.2 Å². The molecule has 2 N–H and O–H groups in total. The van der Waals surface area contributed by atoms with Gasteiger partial charge in [0.15, 0.2) is 0 Å². The lowest BCUT2D eigenvalue weighted by atomic mass is 9.93. The fourth-order valence-corrected chi connectivity index (χ4v) is 2.22. The van der Waals surface area contributed by atoms with Crippen LogP contribution in [0.15, 0.2) is 24.3 Å². The Morgan fingerprint density at radius 2 is 1.56 bits per heavy atom. The molecule has 16 heavy (non-hydrogen) atoms. The maximum atomic E-state index is 9.45. The van der Waals surface area contributed by atoms with E-state index in [0.717, 1.165) is 27.5 Å². The second kappa shape index (κ2) is 4.24. The third-order valence-electron chi connectivity index (χ3n) is 3.14. The van der Waals surface area contributed by atoms with Gasteiger partial charge in [0.2, 0.25) is 0 Å². The summed E-state index contributed by atoms with van der Waals surface area (Å²) < 4.78 is 0. The molecule has 2 aromatic carbocycles. The molecule has 2 aromatic rings. The van der Waals surface area contributed by atoms with Crippen LogP contribution in [0.25, 0.3) is 10.8 Å². The molecule has 0 aliphatic carbocycles. The van der Waals surface area contributed by atoms with E-state index in [0.29, 0.717) is 0 Å². The van der Waals surface area contributed by atoms with Crippen molar-refractivity contribution < 1.29 is 10.2 Å². The van der Waals surface area contributed by atoms with Gasteiger partial charge in [-0.25, -0.2) is 0 Å². The molecule has 0 amide bonds. The number of aliphatic hydroxyl groups is 2. The summed E-state index contributed by atoms with van der Waals surface area (Å²) in [5, 5.41) is 20.9. The fourth-order valence-electron chi connectivity index (χ4n) is 2.22. The van der Waals surface area contributed by atoms with Crippen LogP contribution in [-0.4, -0.2) is 10.2 Å². The number of hydrogen-bond donors (Lipinski definition) is 2. The molecule has 0 saturated heterocycles. The van der Waals surface area contributed by atoms with E-state index >= 15 is 0 Å². The average Bonchev–Trinajstić information content (AvgIpc) is 2.32. The van der Waals surface area contributed by atoms with Gasteiger partial charge in [0.05, 0.1) is 13.2 Å². The van der Waals surface area contributed by atoms with E-state index in [1.54, 1.807) is 0 Å². The van der Waals surface area contributed by atoms with Crippen LogP contribution in [0.3, 0.4) is 0 Å². The van der Waals surface area contributed by atoms with Gasteiger partial charge in [-0.1, -0.05) is 24.3 Å². The van der Waals surface area contributed by atoms with Crippen LogP contribution < -0.4 is 0 Å². The first-order chi connectivity index (χ1) is 7.69. The van der Waals surface area contributed by atoms with Gasteiger partial charge < -0.3 is 10.2 Å². The summed E-state index contributed by atoms with van der Waals surface area (Å²) in [5.74, 6) is 0. The number of benzene rings is 2. The van der Waals surface area contributed by atoms with E-state index in [-0.39, 0.29) is 13.2 Å². The second-order valence-electron chi connectivity index (χ2n) is 4.14. The van der Waals surface area contributed by atoms with Gasteiger partial charge in [0.1, 0.15) is 0 Å². The molecular weight excluding hydrogens is 200 g/mol. The molecule has 0 fully saturated rings. The molecule has 0 saturated carbocycles. The van der Waals surface area contributed by atoms with Crippen LogP contribution in [0.4, 0.5) is 0 Å². The first-order valence-corrected chi connectivity index (χ1v) is 5.41. The zero-order valence-electron chi connectivity index (χ0n) is 9.62. The number of hydrogen-bond acceptors (Lipinski definition) is 2. The first kappa shape index (κ1) is 11.1. The summed E-state index contributed by atoms with van der Waals surface area (Å²) in [5.41, 5.74) is 3.99. The Hall–Kier alpha value is -1.38. The molecule has 0 radical (unpaired) electrons. The van der Waals surface area contributed by atoms with Crippen molar-refractivity contribution in [3.63, 3.8) is 0 Å². The van der Waals surface area contributed by atoms with E-state index in [2.05, 4.69) is 19.1 Å². The maximum absolute atomic E-state index is 9.45. The Bertz CT molecular complexity index is 530. The normalized spacial score (nSPS) is 11.0. The van der Waals surface area contributed by atoms with Gasteiger partial charge >= 0.3 is 0 Å². The molecule has 0 spiro atoms. The van der Waals surface area contributed by atoms with E-state index in [4.69, 9.17) is 0 Å². The zero-order chi connectivity index (χ0) is 11.7. The molecule has 2 heteroatoms. The first-order valence-electron chi connectivity index (χ1n) is 5.41. The molecule has 0 aliphatic rings. The minimum atomic E-state index is -0.0302. The predicted octanol–water partition coefficient (Wildman–Crippen LogP) is 2.44. The van der Waals surface area contributed by atoms with E-state index in [1.165, 1.54) is 5.56 Å². The van der Waals surface area contributed by atoms with Crippen molar-refractivity contribution in [2.24, 2.45) is 0 Å². The quantitative estimate of drug-likeness (QED) is 0.809. The Morgan fingerprint density at radius 3 is 2.19 bits per heavy atom. The molecule has 0 bridgehead atoms. The van der Waals surface area contributed by atoms with Gasteiger partial charge in [0, 0.05) is 0 Å². The van der Waals surface area contributed by atoms with Crippen LogP contribution in [0.2, 0.25) is 0 Å². The van der Waals surface area contributed by atoms with E-state index < -0.39 is 0 Å². The van der Waals surface area contributed by atoms with Gasteiger partial charge in [0.25, 0.3) is 0 Å². The third kappa shape index (κ3) is 1.60. The highest BCUT2D eigenvalue weighted by Crippen LogP contribution is 2.28. The number of aliphatic hydroxyl groups excluding tert-OH is 2. The van der Waals surface area contributed by atoms with Gasteiger partial charge in [-0.05, 0) is 46.9 Å². The molecule has 0 heterocycles. The summed E-state index contributed by atoms with van der Waals surface area (Å²) in [4.78, 5) is 0. The van der Waals surface area contributed by atoms with Crippen molar-refractivity contribution >= 4 is 10.8 Å². The standard InChI is InChI=1S/C14H16O2/c1-9-3-4-10(2)14-12(9)6-5-11(7-15)13(14)8-16/h3-6,15-16H,7-8H2,1-2H3. The van der Waals surface area contributed by atoms with Crippen molar-refractivity contribution in [1.82, 2.24) is 0 Å². The van der Waals surface area contributed by atoms with Crippen molar-refractivity contribution in [3.8, 4) is 0 Å². The second-order valence-corrected chi connectivity index (χ2v) is 4.14. The van der Waals surface area contributed by atoms with Crippen LogP contribution in [-0.2, 0) is 13.2 Å². The fraction of sp³-hybridized carbons (Fsp3) is 0.286. The van der Waals surface area contributed by atoms with Crippen LogP contribution in [0, 0.1) is 13.8 Å². The van der Waals surface area contributed by atoms with Gasteiger partial charge in [-0.3, -0.25) is 0 Å². The van der Waals surface area contributed by atoms with Gasteiger partial charge in [-0.15, -0.1) is 0 Å².